The lowest BCUT2D eigenvalue weighted by Gasteiger charge is -2.30. The number of nitrogens with one attached hydrogen (secondary N) is 1. The van der Waals surface area contributed by atoms with E-state index in [1.54, 1.807) is 0 Å². The van der Waals surface area contributed by atoms with Crippen LogP contribution in [0.4, 0.5) is 0 Å². The first-order chi connectivity index (χ1) is 15.2. The lowest BCUT2D eigenvalue weighted by molar-refractivity contribution is -0.126. The van der Waals surface area contributed by atoms with Gasteiger partial charge in [0.1, 0.15) is 0 Å². The molecular weight excluding hydrogens is 476 g/mol. The molecule has 6 nitrogen and oxygen atoms in total. The van der Waals surface area contributed by atoms with Crippen LogP contribution >= 0.6 is 27.7 Å². The van der Waals surface area contributed by atoms with E-state index in [0.717, 1.165) is 53.5 Å². The van der Waals surface area contributed by atoms with Crippen molar-refractivity contribution in [3.63, 3.8) is 0 Å². The van der Waals surface area contributed by atoms with Crippen LogP contribution in [0.25, 0.3) is 11.4 Å². The summed E-state index contributed by atoms with van der Waals surface area (Å²) in [5.74, 6) is 2.61. The number of carbonyl (C=O) groups excluding carboxylic acids is 1. The molecule has 1 aromatic carbocycles. The molecule has 1 saturated heterocycles. The summed E-state index contributed by atoms with van der Waals surface area (Å²) in [7, 11) is 0. The summed E-state index contributed by atoms with van der Waals surface area (Å²) in [5.41, 5.74) is 0.932. The monoisotopic (exact) mass is 506 g/mol. The van der Waals surface area contributed by atoms with E-state index in [2.05, 4.69) is 36.3 Å². The summed E-state index contributed by atoms with van der Waals surface area (Å²) in [6.45, 7) is 3.18. The maximum absolute atomic E-state index is 12.5. The van der Waals surface area contributed by atoms with Gasteiger partial charge in [0.05, 0.1) is 6.54 Å². The highest BCUT2D eigenvalue weighted by Crippen LogP contribution is 2.28. The Balaban J connectivity index is 1.15. The highest BCUT2D eigenvalue weighted by Gasteiger charge is 2.26. The molecule has 2 fully saturated rings. The number of thioether (sulfide) groups is 1. The largest absolute Gasteiger partial charge is 0.355 e. The number of benzene rings is 1. The molecule has 8 heteroatoms. The molecule has 4 rings (SSSR count). The standard InChI is InChI=1S/C23H31BrN4O2S/c24-19-6-4-5-18(15-19)22-26-21(30-27-22)16-28-12-9-17(10-13-28)23(29)25-11-14-31-20-7-2-1-3-8-20/h4-6,15,17,20H,1-3,7-14,16H2,(H,25,29). The van der Waals surface area contributed by atoms with Gasteiger partial charge in [-0.3, -0.25) is 9.69 Å². The molecule has 0 bridgehead atoms. The molecule has 31 heavy (non-hydrogen) atoms. The first-order valence-electron chi connectivity index (χ1n) is 11.4. The van der Waals surface area contributed by atoms with E-state index in [1.807, 2.05) is 36.0 Å². The van der Waals surface area contributed by atoms with Crippen molar-refractivity contribution in [1.29, 1.82) is 0 Å². The molecule has 168 valence electrons. The predicted molar refractivity (Wildman–Crippen MR) is 128 cm³/mol. The average molecular weight is 507 g/mol. The Morgan fingerprint density at radius 3 is 2.77 bits per heavy atom. The van der Waals surface area contributed by atoms with Crippen LogP contribution in [0.15, 0.2) is 33.3 Å². The Labute approximate surface area is 197 Å². The van der Waals surface area contributed by atoms with Crippen LogP contribution in [0.1, 0.15) is 50.8 Å². The van der Waals surface area contributed by atoms with Gasteiger partial charge in [0.25, 0.3) is 0 Å². The second kappa shape index (κ2) is 11.5. The predicted octanol–water partition coefficient (Wildman–Crippen LogP) is 4.89. The maximum Gasteiger partial charge on any atom is 0.241 e. The molecule has 0 atom stereocenters. The Hall–Kier alpha value is -1.38. The second-order valence-corrected chi connectivity index (χ2v) is 10.8. The Morgan fingerprint density at radius 1 is 1.19 bits per heavy atom. The minimum Gasteiger partial charge on any atom is -0.355 e. The lowest BCUT2D eigenvalue weighted by atomic mass is 9.96. The van der Waals surface area contributed by atoms with Crippen molar-refractivity contribution in [2.45, 2.75) is 56.7 Å². The minimum absolute atomic E-state index is 0.121. The van der Waals surface area contributed by atoms with Gasteiger partial charge in [-0.05, 0) is 50.9 Å². The third-order valence-electron chi connectivity index (χ3n) is 6.18. The number of carbonyl (C=O) groups is 1. The minimum atomic E-state index is 0.121. The number of piperidine rings is 1. The molecular formula is C23H31BrN4O2S. The normalized spacial score (nSPS) is 18.9. The number of aromatic nitrogens is 2. The molecule has 2 aromatic rings. The van der Waals surface area contributed by atoms with Gasteiger partial charge in [-0.1, -0.05) is 52.5 Å². The van der Waals surface area contributed by atoms with E-state index in [0.29, 0.717) is 18.3 Å². The summed E-state index contributed by atoms with van der Waals surface area (Å²) in [5, 5.41) is 8.08. The molecule has 0 radical (unpaired) electrons. The van der Waals surface area contributed by atoms with Crippen molar-refractivity contribution in [1.82, 2.24) is 20.4 Å². The molecule has 2 aliphatic rings. The lowest BCUT2D eigenvalue weighted by Crippen LogP contribution is -2.40. The SMILES string of the molecule is O=C(NCCSC1CCCCC1)C1CCN(Cc2nc(-c3cccc(Br)c3)no2)CC1. The van der Waals surface area contributed by atoms with Gasteiger partial charge in [-0.15, -0.1) is 0 Å². The third-order valence-corrected chi connectivity index (χ3v) is 8.05. The molecule has 0 spiro atoms. The van der Waals surface area contributed by atoms with Crippen molar-refractivity contribution in [2.24, 2.45) is 5.92 Å². The molecule has 1 saturated carbocycles. The summed E-state index contributed by atoms with van der Waals surface area (Å²) < 4.78 is 6.44. The van der Waals surface area contributed by atoms with Gasteiger partial charge in [0, 0.05) is 33.5 Å². The van der Waals surface area contributed by atoms with Crippen molar-refractivity contribution in [2.75, 3.05) is 25.4 Å². The highest BCUT2D eigenvalue weighted by atomic mass is 79.9. The summed E-state index contributed by atoms with van der Waals surface area (Å²) >= 11 is 5.51. The van der Waals surface area contributed by atoms with E-state index >= 15 is 0 Å². The van der Waals surface area contributed by atoms with Gasteiger partial charge < -0.3 is 9.84 Å². The number of hydrogen-bond donors (Lipinski definition) is 1. The Kier molecular flexibility index (Phi) is 8.44. The smallest absolute Gasteiger partial charge is 0.241 e. The van der Waals surface area contributed by atoms with E-state index in [4.69, 9.17) is 4.52 Å². The zero-order chi connectivity index (χ0) is 21.5. The van der Waals surface area contributed by atoms with Gasteiger partial charge in [-0.25, -0.2) is 0 Å². The molecule has 1 aromatic heterocycles. The fraction of sp³-hybridized carbons (Fsp3) is 0.609. The summed E-state index contributed by atoms with van der Waals surface area (Å²) in [4.78, 5) is 19.3. The molecule has 1 aliphatic heterocycles. The van der Waals surface area contributed by atoms with Gasteiger partial charge >= 0.3 is 0 Å². The summed E-state index contributed by atoms with van der Waals surface area (Å²) in [6, 6.07) is 7.88. The number of halogens is 1. The third kappa shape index (κ3) is 6.80. The zero-order valence-corrected chi connectivity index (χ0v) is 20.3. The second-order valence-electron chi connectivity index (χ2n) is 8.49. The van der Waals surface area contributed by atoms with Crippen LogP contribution in [0.2, 0.25) is 0 Å². The van der Waals surface area contributed by atoms with Gasteiger partial charge in [0.2, 0.25) is 17.6 Å². The first-order valence-corrected chi connectivity index (χ1v) is 13.2. The number of amides is 1. The number of hydrogen-bond acceptors (Lipinski definition) is 6. The Bertz CT molecular complexity index is 848. The van der Waals surface area contributed by atoms with E-state index < -0.39 is 0 Å². The average Bonchev–Trinajstić information content (AvgIpc) is 3.26. The molecule has 1 amide bonds. The van der Waals surface area contributed by atoms with Crippen LogP contribution in [0.5, 0.6) is 0 Å². The van der Waals surface area contributed by atoms with Crippen LogP contribution in [-0.4, -0.2) is 51.6 Å². The van der Waals surface area contributed by atoms with E-state index in [1.165, 1.54) is 32.1 Å². The van der Waals surface area contributed by atoms with Crippen LogP contribution in [0.3, 0.4) is 0 Å². The van der Waals surface area contributed by atoms with E-state index in [-0.39, 0.29) is 11.8 Å². The molecule has 1 aliphatic carbocycles. The van der Waals surface area contributed by atoms with Crippen molar-refractivity contribution >= 4 is 33.6 Å². The van der Waals surface area contributed by atoms with Gasteiger partial charge in [-0.2, -0.15) is 16.7 Å². The summed E-state index contributed by atoms with van der Waals surface area (Å²) in [6.07, 6.45) is 8.60. The fourth-order valence-corrected chi connectivity index (χ4v) is 6.00. The van der Waals surface area contributed by atoms with Gasteiger partial charge in [0.15, 0.2) is 0 Å². The van der Waals surface area contributed by atoms with Crippen LogP contribution < -0.4 is 5.32 Å². The molecule has 0 unspecified atom stereocenters. The van der Waals surface area contributed by atoms with E-state index in [9.17, 15) is 4.79 Å². The van der Waals surface area contributed by atoms with Crippen molar-refractivity contribution in [3.8, 4) is 11.4 Å². The van der Waals surface area contributed by atoms with Crippen molar-refractivity contribution in [3.05, 3.63) is 34.6 Å². The number of likely N-dealkylation sites (tertiary alicyclic amines) is 1. The molecule has 1 N–H and O–H groups in total. The first kappa shape index (κ1) is 22.8. The molecule has 2 heterocycles. The quantitative estimate of drug-likeness (QED) is 0.513. The highest BCUT2D eigenvalue weighted by molar-refractivity contribution is 9.10. The van der Waals surface area contributed by atoms with Crippen molar-refractivity contribution < 1.29 is 9.32 Å². The Morgan fingerprint density at radius 2 is 2.00 bits per heavy atom. The number of rotatable bonds is 8. The van der Waals surface area contributed by atoms with Crippen LogP contribution in [-0.2, 0) is 11.3 Å². The zero-order valence-electron chi connectivity index (χ0n) is 17.9. The van der Waals surface area contributed by atoms with Crippen LogP contribution in [0, 0.1) is 5.92 Å². The maximum atomic E-state index is 12.5. The number of nitrogens with zero attached hydrogens (tertiary/aromatic N) is 3. The fourth-order valence-electron chi connectivity index (χ4n) is 4.38. The topological polar surface area (TPSA) is 71.3 Å².